The number of anilines is 1. The van der Waals surface area contributed by atoms with Crippen LogP contribution in [0.15, 0.2) is 24.3 Å². The standard InChI is InChI=1S/C13H13N5/c14-12-7-10(16-17-12)8-3-4-9-11(6-8)18-5-1-2-13(18)15-9/h3-4,6-7H,1-2,5H2,(H3,14,16,17). The van der Waals surface area contributed by atoms with Crippen molar-refractivity contribution in [2.24, 2.45) is 0 Å². The van der Waals surface area contributed by atoms with E-state index in [1.54, 1.807) is 0 Å². The van der Waals surface area contributed by atoms with Gasteiger partial charge < -0.3 is 10.3 Å². The molecule has 0 bridgehead atoms. The summed E-state index contributed by atoms with van der Waals surface area (Å²) in [5.41, 5.74) is 9.96. The predicted octanol–water partition coefficient (Wildman–Crippen LogP) is 1.95. The van der Waals surface area contributed by atoms with Crippen LogP contribution in [-0.2, 0) is 13.0 Å². The Labute approximate surface area is 104 Å². The number of benzene rings is 1. The third-order valence-electron chi connectivity index (χ3n) is 3.52. The Morgan fingerprint density at radius 2 is 2.22 bits per heavy atom. The first-order valence-electron chi connectivity index (χ1n) is 6.12. The molecule has 1 aromatic carbocycles. The van der Waals surface area contributed by atoms with Crippen molar-refractivity contribution in [1.82, 2.24) is 19.7 Å². The highest BCUT2D eigenvalue weighted by Crippen LogP contribution is 2.27. The van der Waals surface area contributed by atoms with Crippen molar-refractivity contribution in [3.8, 4) is 11.3 Å². The molecule has 0 fully saturated rings. The van der Waals surface area contributed by atoms with Gasteiger partial charge in [0.2, 0.25) is 0 Å². The van der Waals surface area contributed by atoms with Gasteiger partial charge in [-0.15, -0.1) is 0 Å². The zero-order valence-electron chi connectivity index (χ0n) is 9.85. The van der Waals surface area contributed by atoms with E-state index < -0.39 is 0 Å². The van der Waals surface area contributed by atoms with Crippen LogP contribution < -0.4 is 5.73 Å². The van der Waals surface area contributed by atoms with Gasteiger partial charge in [0, 0.05) is 24.6 Å². The zero-order valence-corrected chi connectivity index (χ0v) is 9.85. The molecule has 1 aliphatic rings. The largest absolute Gasteiger partial charge is 0.382 e. The van der Waals surface area contributed by atoms with Crippen molar-refractivity contribution in [1.29, 1.82) is 0 Å². The van der Waals surface area contributed by atoms with Crippen LogP contribution in [-0.4, -0.2) is 19.7 Å². The molecule has 0 spiro atoms. The zero-order chi connectivity index (χ0) is 12.1. The maximum Gasteiger partial charge on any atom is 0.145 e. The molecule has 0 saturated carbocycles. The van der Waals surface area contributed by atoms with E-state index in [2.05, 4.69) is 37.9 Å². The van der Waals surface area contributed by atoms with Gasteiger partial charge in [-0.2, -0.15) is 5.10 Å². The van der Waals surface area contributed by atoms with Crippen LogP contribution >= 0.6 is 0 Å². The molecular weight excluding hydrogens is 226 g/mol. The average molecular weight is 239 g/mol. The molecule has 0 saturated heterocycles. The lowest BCUT2D eigenvalue weighted by molar-refractivity contribution is 0.771. The highest BCUT2D eigenvalue weighted by molar-refractivity contribution is 5.82. The highest BCUT2D eigenvalue weighted by Gasteiger charge is 2.16. The lowest BCUT2D eigenvalue weighted by Gasteiger charge is -2.01. The van der Waals surface area contributed by atoms with Gasteiger partial charge in [0.1, 0.15) is 11.6 Å². The first-order valence-corrected chi connectivity index (χ1v) is 6.12. The molecule has 0 aliphatic carbocycles. The Bertz CT molecular complexity index is 737. The van der Waals surface area contributed by atoms with Crippen molar-refractivity contribution in [2.45, 2.75) is 19.4 Å². The van der Waals surface area contributed by atoms with E-state index in [1.807, 2.05) is 6.07 Å². The lowest BCUT2D eigenvalue weighted by atomic mass is 10.1. The number of imidazole rings is 1. The van der Waals surface area contributed by atoms with E-state index in [1.165, 1.54) is 17.8 Å². The number of nitrogens with zero attached hydrogens (tertiary/aromatic N) is 3. The van der Waals surface area contributed by atoms with Gasteiger partial charge in [0.25, 0.3) is 0 Å². The maximum absolute atomic E-state index is 5.64. The number of fused-ring (bicyclic) bond motifs is 3. The fraction of sp³-hybridized carbons (Fsp3) is 0.231. The summed E-state index contributed by atoms with van der Waals surface area (Å²) in [4.78, 5) is 4.65. The summed E-state index contributed by atoms with van der Waals surface area (Å²) in [5, 5.41) is 6.91. The number of hydrogen-bond acceptors (Lipinski definition) is 3. The number of aromatic amines is 1. The lowest BCUT2D eigenvalue weighted by Crippen LogP contribution is -1.91. The van der Waals surface area contributed by atoms with Crippen molar-refractivity contribution in [3.05, 3.63) is 30.1 Å². The second-order valence-corrected chi connectivity index (χ2v) is 4.69. The molecule has 0 radical (unpaired) electrons. The van der Waals surface area contributed by atoms with Gasteiger partial charge in [0.05, 0.1) is 16.7 Å². The molecule has 1 aliphatic heterocycles. The second kappa shape index (κ2) is 3.35. The Hall–Kier alpha value is -2.30. The fourth-order valence-corrected chi connectivity index (χ4v) is 2.66. The van der Waals surface area contributed by atoms with Crippen molar-refractivity contribution >= 4 is 16.9 Å². The summed E-state index contributed by atoms with van der Waals surface area (Å²) >= 11 is 0. The third kappa shape index (κ3) is 1.27. The Morgan fingerprint density at radius 1 is 1.28 bits per heavy atom. The van der Waals surface area contributed by atoms with E-state index >= 15 is 0 Å². The maximum atomic E-state index is 5.64. The Kier molecular flexibility index (Phi) is 1.81. The number of H-pyrrole nitrogens is 1. The molecule has 0 unspecified atom stereocenters. The van der Waals surface area contributed by atoms with Gasteiger partial charge in [-0.1, -0.05) is 6.07 Å². The van der Waals surface area contributed by atoms with Gasteiger partial charge in [-0.25, -0.2) is 4.98 Å². The van der Waals surface area contributed by atoms with E-state index in [0.29, 0.717) is 5.82 Å². The molecule has 3 heterocycles. The average Bonchev–Trinajstić information content (AvgIpc) is 3.03. The van der Waals surface area contributed by atoms with Crippen LogP contribution in [0.3, 0.4) is 0 Å². The molecule has 3 N–H and O–H groups in total. The SMILES string of the molecule is Nc1cc(-c2ccc3nc4n(c3c2)CCC4)[nH]n1. The van der Waals surface area contributed by atoms with Gasteiger partial charge in [0.15, 0.2) is 0 Å². The van der Waals surface area contributed by atoms with Gasteiger partial charge in [-0.3, -0.25) is 5.10 Å². The van der Waals surface area contributed by atoms with Crippen LogP contribution in [0.5, 0.6) is 0 Å². The molecule has 90 valence electrons. The van der Waals surface area contributed by atoms with Crippen molar-refractivity contribution < 1.29 is 0 Å². The van der Waals surface area contributed by atoms with Gasteiger partial charge in [-0.05, 0) is 18.6 Å². The van der Waals surface area contributed by atoms with E-state index in [9.17, 15) is 0 Å². The van der Waals surface area contributed by atoms with E-state index in [0.717, 1.165) is 29.7 Å². The number of nitrogens with one attached hydrogen (secondary N) is 1. The molecular formula is C13H13N5. The summed E-state index contributed by atoms with van der Waals surface area (Å²) in [7, 11) is 0. The summed E-state index contributed by atoms with van der Waals surface area (Å²) < 4.78 is 2.30. The number of aromatic nitrogens is 4. The highest BCUT2D eigenvalue weighted by atomic mass is 15.2. The molecule has 0 amide bonds. The molecule has 2 aromatic heterocycles. The summed E-state index contributed by atoms with van der Waals surface area (Å²) in [5.74, 6) is 1.72. The van der Waals surface area contributed by atoms with Crippen LogP contribution in [0.4, 0.5) is 5.82 Å². The van der Waals surface area contributed by atoms with Crippen molar-refractivity contribution in [2.75, 3.05) is 5.73 Å². The fourth-order valence-electron chi connectivity index (χ4n) is 2.66. The first kappa shape index (κ1) is 9.70. The first-order chi connectivity index (χ1) is 8.81. The number of nitrogens with two attached hydrogens (primary N) is 1. The molecule has 4 rings (SSSR count). The Balaban J connectivity index is 1.93. The monoisotopic (exact) mass is 239 g/mol. The quantitative estimate of drug-likeness (QED) is 0.681. The number of rotatable bonds is 1. The summed E-state index contributed by atoms with van der Waals surface area (Å²) in [6, 6.07) is 8.12. The van der Waals surface area contributed by atoms with Crippen LogP contribution in [0.25, 0.3) is 22.3 Å². The summed E-state index contributed by atoms with van der Waals surface area (Å²) in [6.45, 7) is 1.07. The van der Waals surface area contributed by atoms with Crippen LogP contribution in [0.1, 0.15) is 12.2 Å². The number of hydrogen-bond donors (Lipinski definition) is 2. The smallest absolute Gasteiger partial charge is 0.145 e. The van der Waals surface area contributed by atoms with E-state index in [-0.39, 0.29) is 0 Å². The minimum absolute atomic E-state index is 0.517. The molecule has 5 nitrogen and oxygen atoms in total. The number of nitrogen functional groups attached to an aromatic ring is 1. The molecule has 18 heavy (non-hydrogen) atoms. The van der Waals surface area contributed by atoms with Crippen LogP contribution in [0, 0.1) is 0 Å². The van der Waals surface area contributed by atoms with E-state index in [4.69, 9.17) is 5.73 Å². The van der Waals surface area contributed by atoms with Gasteiger partial charge >= 0.3 is 0 Å². The topological polar surface area (TPSA) is 72.5 Å². The third-order valence-corrected chi connectivity index (χ3v) is 3.52. The Morgan fingerprint density at radius 3 is 3.06 bits per heavy atom. The number of aryl methyl sites for hydroxylation is 2. The minimum atomic E-state index is 0.517. The van der Waals surface area contributed by atoms with Crippen LogP contribution in [0.2, 0.25) is 0 Å². The second-order valence-electron chi connectivity index (χ2n) is 4.69. The molecule has 0 atom stereocenters. The molecule has 5 heteroatoms. The predicted molar refractivity (Wildman–Crippen MR) is 70.0 cm³/mol. The summed E-state index contributed by atoms with van der Waals surface area (Å²) in [6.07, 6.45) is 2.28. The normalized spacial score (nSPS) is 14.2. The van der Waals surface area contributed by atoms with Crippen molar-refractivity contribution in [3.63, 3.8) is 0 Å². The molecule has 3 aromatic rings. The minimum Gasteiger partial charge on any atom is -0.382 e.